The molecule has 5 nitrogen and oxygen atoms in total. The van der Waals surface area contributed by atoms with Gasteiger partial charge in [0.25, 0.3) is 5.91 Å². The summed E-state index contributed by atoms with van der Waals surface area (Å²) in [5.41, 5.74) is 4.63. The van der Waals surface area contributed by atoms with E-state index in [1.807, 2.05) is 17.9 Å². The number of aromatic nitrogens is 2. The highest BCUT2D eigenvalue weighted by molar-refractivity contribution is 5.92. The lowest BCUT2D eigenvalue weighted by Crippen LogP contribution is -2.38. The Hall–Kier alpha value is -2.43. The van der Waals surface area contributed by atoms with E-state index in [1.165, 1.54) is 11.1 Å². The number of anilines is 2. The van der Waals surface area contributed by atoms with Gasteiger partial charge < -0.3 is 10.2 Å². The fourth-order valence-electron chi connectivity index (χ4n) is 3.06. The molecule has 0 unspecified atom stereocenters. The molecular formula is C20H26N4O. The van der Waals surface area contributed by atoms with Crippen molar-refractivity contribution in [1.29, 1.82) is 0 Å². The Morgan fingerprint density at radius 3 is 2.48 bits per heavy atom. The molecule has 1 saturated heterocycles. The fourth-order valence-corrected chi connectivity index (χ4v) is 3.06. The van der Waals surface area contributed by atoms with E-state index in [1.54, 1.807) is 6.07 Å². The van der Waals surface area contributed by atoms with Crippen LogP contribution in [0.5, 0.6) is 0 Å². The Morgan fingerprint density at radius 2 is 1.80 bits per heavy atom. The lowest BCUT2D eigenvalue weighted by Gasteiger charge is -2.30. The van der Waals surface area contributed by atoms with Gasteiger partial charge in [0, 0.05) is 24.5 Å². The molecule has 132 valence electrons. The van der Waals surface area contributed by atoms with Crippen molar-refractivity contribution in [2.24, 2.45) is 5.92 Å². The molecule has 1 aliphatic rings. The van der Waals surface area contributed by atoms with Crippen molar-refractivity contribution in [3.63, 3.8) is 0 Å². The third-order valence-corrected chi connectivity index (χ3v) is 4.91. The van der Waals surface area contributed by atoms with Crippen molar-refractivity contribution in [3.05, 3.63) is 46.8 Å². The van der Waals surface area contributed by atoms with Crippen molar-refractivity contribution in [3.8, 4) is 0 Å². The SMILES string of the molecule is Cc1cc(C(=O)N2CCC(C)CC2)nc(Nc2ccc(C)c(C)c2)n1. The molecule has 1 aromatic carbocycles. The summed E-state index contributed by atoms with van der Waals surface area (Å²) >= 11 is 0. The van der Waals surface area contributed by atoms with E-state index in [4.69, 9.17) is 0 Å². The molecular weight excluding hydrogens is 312 g/mol. The number of hydrogen-bond donors (Lipinski definition) is 1. The van der Waals surface area contributed by atoms with Gasteiger partial charge in [-0.15, -0.1) is 0 Å². The molecule has 0 saturated carbocycles. The first-order valence-corrected chi connectivity index (χ1v) is 8.91. The van der Waals surface area contributed by atoms with Crippen LogP contribution in [0.1, 0.15) is 47.1 Å². The number of aryl methyl sites for hydroxylation is 3. The summed E-state index contributed by atoms with van der Waals surface area (Å²) in [7, 11) is 0. The van der Waals surface area contributed by atoms with Crippen LogP contribution in [-0.2, 0) is 0 Å². The van der Waals surface area contributed by atoms with Gasteiger partial charge in [0.1, 0.15) is 5.69 Å². The Kier molecular flexibility index (Phi) is 5.02. The average Bonchev–Trinajstić information content (AvgIpc) is 2.58. The molecule has 0 aliphatic carbocycles. The van der Waals surface area contributed by atoms with Crippen LogP contribution in [-0.4, -0.2) is 33.9 Å². The molecule has 3 rings (SSSR count). The monoisotopic (exact) mass is 338 g/mol. The van der Waals surface area contributed by atoms with E-state index in [2.05, 4.69) is 48.2 Å². The molecule has 0 radical (unpaired) electrons. The molecule has 0 spiro atoms. The van der Waals surface area contributed by atoms with Gasteiger partial charge >= 0.3 is 0 Å². The Labute approximate surface area is 149 Å². The topological polar surface area (TPSA) is 58.1 Å². The maximum atomic E-state index is 12.8. The molecule has 2 aromatic rings. The smallest absolute Gasteiger partial charge is 0.272 e. The van der Waals surface area contributed by atoms with Crippen LogP contribution in [0.3, 0.4) is 0 Å². The van der Waals surface area contributed by atoms with Gasteiger partial charge in [-0.2, -0.15) is 0 Å². The fraction of sp³-hybridized carbons (Fsp3) is 0.450. The van der Waals surface area contributed by atoms with Gasteiger partial charge in [0.15, 0.2) is 0 Å². The molecule has 25 heavy (non-hydrogen) atoms. The minimum absolute atomic E-state index is 0.000497. The standard InChI is InChI=1S/C20H26N4O/c1-13-7-9-24(10-8-13)19(25)18-12-16(4)21-20(23-18)22-17-6-5-14(2)15(3)11-17/h5-6,11-13H,7-10H2,1-4H3,(H,21,22,23). The third-order valence-electron chi connectivity index (χ3n) is 4.91. The van der Waals surface area contributed by atoms with E-state index < -0.39 is 0 Å². The number of carbonyl (C=O) groups excluding carboxylic acids is 1. The van der Waals surface area contributed by atoms with Gasteiger partial charge in [0.05, 0.1) is 0 Å². The second-order valence-corrected chi connectivity index (χ2v) is 7.12. The second kappa shape index (κ2) is 7.21. The van der Waals surface area contributed by atoms with Crippen LogP contribution in [0, 0.1) is 26.7 Å². The van der Waals surface area contributed by atoms with Crippen LogP contribution in [0.25, 0.3) is 0 Å². The molecule has 1 aromatic heterocycles. The first kappa shape index (κ1) is 17.4. The molecule has 1 N–H and O–H groups in total. The normalized spacial score (nSPS) is 15.3. The molecule has 1 amide bonds. The summed E-state index contributed by atoms with van der Waals surface area (Å²) in [6.45, 7) is 9.90. The van der Waals surface area contributed by atoms with Crippen molar-refractivity contribution in [2.75, 3.05) is 18.4 Å². The van der Waals surface area contributed by atoms with Crippen molar-refractivity contribution in [1.82, 2.24) is 14.9 Å². The number of carbonyl (C=O) groups is 1. The zero-order valence-electron chi connectivity index (χ0n) is 15.5. The lowest BCUT2D eigenvalue weighted by molar-refractivity contribution is 0.0691. The number of piperidine rings is 1. The predicted molar refractivity (Wildman–Crippen MR) is 100 cm³/mol. The maximum Gasteiger partial charge on any atom is 0.272 e. The molecule has 0 bridgehead atoms. The Balaban J connectivity index is 1.80. The third kappa shape index (κ3) is 4.16. The van der Waals surface area contributed by atoms with E-state index in [-0.39, 0.29) is 5.91 Å². The van der Waals surface area contributed by atoms with E-state index in [0.717, 1.165) is 37.3 Å². The summed E-state index contributed by atoms with van der Waals surface area (Å²) in [6, 6.07) is 7.90. The molecule has 0 atom stereocenters. The van der Waals surface area contributed by atoms with Gasteiger partial charge in [-0.1, -0.05) is 13.0 Å². The van der Waals surface area contributed by atoms with Crippen LogP contribution >= 0.6 is 0 Å². The van der Waals surface area contributed by atoms with Gasteiger partial charge in [-0.05, 0) is 68.9 Å². The highest BCUT2D eigenvalue weighted by Crippen LogP contribution is 2.20. The summed E-state index contributed by atoms with van der Waals surface area (Å²) in [4.78, 5) is 23.6. The maximum absolute atomic E-state index is 12.8. The highest BCUT2D eigenvalue weighted by atomic mass is 16.2. The quantitative estimate of drug-likeness (QED) is 0.918. The predicted octanol–water partition coefficient (Wildman–Crippen LogP) is 4.02. The summed E-state index contributed by atoms with van der Waals surface area (Å²) < 4.78 is 0. The Morgan fingerprint density at radius 1 is 1.08 bits per heavy atom. The zero-order valence-corrected chi connectivity index (χ0v) is 15.5. The van der Waals surface area contributed by atoms with Gasteiger partial charge in [0.2, 0.25) is 5.95 Å². The number of nitrogens with one attached hydrogen (secondary N) is 1. The Bertz CT molecular complexity index is 779. The number of rotatable bonds is 3. The van der Waals surface area contributed by atoms with Crippen LogP contribution in [0.15, 0.2) is 24.3 Å². The highest BCUT2D eigenvalue weighted by Gasteiger charge is 2.23. The number of amides is 1. The largest absolute Gasteiger partial charge is 0.337 e. The van der Waals surface area contributed by atoms with Gasteiger partial charge in [-0.25, -0.2) is 9.97 Å². The number of nitrogens with zero attached hydrogens (tertiary/aromatic N) is 3. The minimum Gasteiger partial charge on any atom is -0.337 e. The second-order valence-electron chi connectivity index (χ2n) is 7.12. The van der Waals surface area contributed by atoms with Crippen LogP contribution < -0.4 is 5.32 Å². The number of hydrogen-bond acceptors (Lipinski definition) is 4. The van der Waals surface area contributed by atoms with E-state index in [9.17, 15) is 4.79 Å². The minimum atomic E-state index is 0.000497. The first-order chi connectivity index (χ1) is 11.9. The number of benzene rings is 1. The average molecular weight is 338 g/mol. The van der Waals surface area contributed by atoms with Crippen LogP contribution in [0.4, 0.5) is 11.6 Å². The lowest BCUT2D eigenvalue weighted by atomic mass is 9.99. The van der Waals surface area contributed by atoms with E-state index >= 15 is 0 Å². The molecule has 2 heterocycles. The first-order valence-electron chi connectivity index (χ1n) is 8.91. The summed E-state index contributed by atoms with van der Waals surface area (Å²) in [5, 5.41) is 3.23. The van der Waals surface area contributed by atoms with Crippen LogP contribution in [0.2, 0.25) is 0 Å². The zero-order chi connectivity index (χ0) is 18.0. The summed E-state index contributed by atoms with van der Waals surface area (Å²) in [6.07, 6.45) is 2.12. The number of likely N-dealkylation sites (tertiary alicyclic amines) is 1. The van der Waals surface area contributed by atoms with Gasteiger partial charge in [-0.3, -0.25) is 4.79 Å². The van der Waals surface area contributed by atoms with E-state index in [0.29, 0.717) is 17.6 Å². The van der Waals surface area contributed by atoms with Crippen molar-refractivity contribution < 1.29 is 4.79 Å². The van der Waals surface area contributed by atoms with Crippen molar-refractivity contribution in [2.45, 2.75) is 40.5 Å². The molecule has 5 heteroatoms. The summed E-state index contributed by atoms with van der Waals surface area (Å²) in [5.74, 6) is 1.16. The molecule has 1 aliphatic heterocycles. The van der Waals surface area contributed by atoms with Crippen molar-refractivity contribution >= 4 is 17.5 Å². The molecule has 1 fully saturated rings.